The number of halogens is 1. The lowest BCUT2D eigenvalue weighted by atomic mass is 9.98. The Balaban J connectivity index is 1.59. The lowest BCUT2D eigenvalue weighted by Crippen LogP contribution is -2.16. The maximum atomic E-state index is 13.6. The first-order valence-electron chi connectivity index (χ1n) is 11.5. The van der Waals surface area contributed by atoms with E-state index >= 15 is 0 Å². The van der Waals surface area contributed by atoms with Gasteiger partial charge in [-0.2, -0.15) is 4.39 Å². The Kier molecular flexibility index (Phi) is 6.25. The molecule has 0 bridgehead atoms. The molecule has 2 aromatic heterocycles. The number of amides is 1. The number of hydrogen-bond acceptors (Lipinski definition) is 6. The van der Waals surface area contributed by atoms with Crippen molar-refractivity contribution < 1.29 is 23.4 Å². The minimum Gasteiger partial charge on any atom is -0.486 e. The first kappa shape index (κ1) is 23.3. The fourth-order valence-corrected chi connectivity index (χ4v) is 4.07. The van der Waals surface area contributed by atoms with E-state index in [2.05, 4.69) is 15.3 Å². The number of carbonyl (C=O) groups excluding carboxylic acids is 1. The Morgan fingerprint density at radius 3 is 2.58 bits per heavy atom. The summed E-state index contributed by atoms with van der Waals surface area (Å²) in [5.74, 6) is 0.711. The summed E-state index contributed by atoms with van der Waals surface area (Å²) in [6.07, 6.45) is 1.64. The highest BCUT2D eigenvalue weighted by molar-refractivity contribution is 6.08. The summed E-state index contributed by atoms with van der Waals surface area (Å²) in [4.78, 5) is 21.9. The lowest BCUT2D eigenvalue weighted by Gasteiger charge is -2.20. The van der Waals surface area contributed by atoms with Crippen molar-refractivity contribution in [1.29, 1.82) is 0 Å². The highest BCUT2D eigenvalue weighted by Gasteiger charge is 2.23. The Morgan fingerprint density at radius 1 is 1.00 bits per heavy atom. The van der Waals surface area contributed by atoms with Gasteiger partial charge in [0.05, 0.1) is 5.69 Å². The minimum absolute atomic E-state index is 0.0930. The number of ether oxygens (including phenoxy) is 3. The monoisotopic (exact) mass is 485 g/mol. The van der Waals surface area contributed by atoms with E-state index in [1.54, 1.807) is 13.1 Å². The van der Waals surface area contributed by atoms with Crippen LogP contribution in [0.1, 0.15) is 27.2 Å². The first-order chi connectivity index (χ1) is 17.4. The van der Waals surface area contributed by atoms with E-state index in [4.69, 9.17) is 14.2 Å². The van der Waals surface area contributed by atoms with Crippen LogP contribution in [0.5, 0.6) is 23.1 Å². The van der Waals surface area contributed by atoms with Crippen molar-refractivity contribution in [2.24, 2.45) is 0 Å². The predicted octanol–water partition coefficient (Wildman–Crippen LogP) is 6.02. The number of nitrogens with zero attached hydrogens (tertiary/aromatic N) is 2. The molecule has 4 aromatic rings. The number of anilines is 1. The van der Waals surface area contributed by atoms with Crippen molar-refractivity contribution in [3.63, 3.8) is 0 Å². The number of aryl methyl sites for hydroxylation is 2. The highest BCUT2D eigenvalue weighted by atomic mass is 19.1. The molecule has 0 aliphatic carbocycles. The molecule has 5 rings (SSSR count). The van der Waals surface area contributed by atoms with Crippen LogP contribution in [-0.4, -0.2) is 29.1 Å². The van der Waals surface area contributed by atoms with Crippen LogP contribution in [0.25, 0.3) is 11.1 Å². The van der Waals surface area contributed by atoms with Gasteiger partial charge in [-0.05, 0) is 73.9 Å². The summed E-state index contributed by atoms with van der Waals surface area (Å²) in [6.45, 7) is 6.38. The van der Waals surface area contributed by atoms with Gasteiger partial charge in [-0.15, -0.1) is 0 Å². The van der Waals surface area contributed by atoms with Crippen LogP contribution >= 0.6 is 0 Å². The molecule has 1 aliphatic rings. The molecule has 182 valence electrons. The predicted molar refractivity (Wildman–Crippen MR) is 134 cm³/mol. The molecule has 1 amide bonds. The number of nitrogens with one attached hydrogen (secondary N) is 1. The van der Waals surface area contributed by atoms with Crippen LogP contribution in [-0.2, 0) is 0 Å². The second-order valence-corrected chi connectivity index (χ2v) is 8.48. The summed E-state index contributed by atoms with van der Waals surface area (Å²) in [7, 11) is 0. The molecule has 0 fully saturated rings. The van der Waals surface area contributed by atoms with Gasteiger partial charge in [-0.25, -0.2) is 9.97 Å². The normalized spacial score (nSPS) is 12.2. The minimum atomic E-state index is -0.615. The van der Waals surface area contributed by atoms with Crippen molar-refractivity contribution in [3.05, 3.63) is 89.1 Å². The van der Waals surface area contributed by atoms with E-state index in [1.165, 1.54) is 12.1 Å². The molecule has 8 heteroatoms. The second kappa shape index (κ2) is 9.65. The Labute approximate surface area is 207 Å². The van der Waals surface area contributed by atoms with Gasteiger partial charge in [-0.1, -0.05) is 18.2 Å². The fourth-order valence-electron chi connectivity index (χ4n) is 4.07. The molecular formula is C28H24FN3O4. The van der Waals surface area contributed by atoms with Gasteiger partial charge in [-0.3, -0.25) is 4.79 Å². The van der Waals surface area contributed by atoms with Crippen LogP contribution in [0.3, 0.4) is 0 Å². The van der Waals surface area contributed by atoms with Gasteiger partial charge >= 0.3 is 0 Å². The Hall–Kier alpha value is -4.46. The lowest BCUT2D eigenvalue weighted by molar-refractivity contribution is 0.102. The zero-order valence-corrected chi connectivity index (χ0v) is 20.1. The molecule has 36 heavy (non-hydrogen) atoms. The molecule has 0 unspecified atom stereocenters. The molecule has 0 atom stereocenters. The molecule has 1 N–H and O–H groups in total. The van der Waals surface area contributed by atoms with Crippen molar-refractivity contribution in [2.45, 2.75) is 20.8 Å². The zero-order valence-electron chi connectivity index (χ0n) is 20.1. The van der Waals surface area contributed by atoms with Crippen molar-refractivity contribution in [2.75, 3.05) is 18.5 Å². The maximum absolute atomic E-state index is 13.6. The van der Waals surface area contributed by atoms with E-state index in [0.717, 1.165) is 16.7 Å². The van der Waals surface area contributed by atoms with Crippen LogP contribution in [0.2, 0.25) is 0 Å². The highest BCUT2D eigenvalue weighted by Crippen LogP contribution is 2.38. The third kappa shape index (κ3) is 4.70. The van der Waals surface area contributed by atoms with E-state index in [1.807, 2.05) is 56.3 Å². The number of carbonyl (C=O) groups is 1. The fraction of sp³-hybridized carbons (Fsp3) is 0.179. The largest absolute Gasteiger partial charge is 0.486 e. The quantitative estimate of drug-likeness (QED) is 0.348. The van der Waals surface area contributed by atoms with E-state index < -0.39 is 5.95 Å². The molecule has 1 aliphatic heterocycles. The van der Waals surface area contributed by atoms with Gasteiger partial charge < -0.3 is 19.5 Å². The molecule has 0 saturated carbocycles. The summed E-state index contributed by atoms with van der Waals surface area (Å²) in [6, 6.07) is 15.8. The topological polar surface area (TPSA) is 82.6 Å². The van der Waals surface area contributed by atoms with Crippen molar-refractivity contribution in [3.8, 4) is 34.3 Å². The molecule has 0 spiro atoms. The number of hydrogen-bond donors (Lipinski definition) is 1. The Bertz CT molecular complexity index is 1470. The molecule has 0 radical (unpaired) electrons. The summed E-state index contributed by atoms with van der Waals surface area (Å²) >= 11 is 0. The molecule has 7 nitrogen and oxygen atoms in total. The van der Waals surface area contributed by atoms with Crippen molar-refractivity contribution >= 4 is 11.6 Å². The number of fused-ring (bicyclic) bond motifs is 1. The van der Waals surface area contributed by atoms with Gasteiger partial charge in [0.1, 0.15) is 18.8 Å². The summed E-state index contributed by atoms with van der Waals surface area (Å²) < 4.78 is 30.9. The van der Waals surface area contributed by atoms with E-state index in [-0.39, 0.29) is 17.4 Å². The van der Waals surface area contributed by atoms with Crippen LogP contribution < -0.4 is 19.5 Å². The third-order valence-electron chi connectivity index (χ3n) is 5.87. The smallest absolute Gasteiger partial charge is 0.261 e. The van der Waals surface area contributed by atoms with Crippen LogP contribution in [0.15, 0.2) is 60.8 Å². The summed E-state index contributed by atoms with van der Waals surface area (Å²) in [5.41, 5.74) is 4.48. The summed E-state index contributed by atoms with van der Waals surface area (Å²) in [5, 5.41) is 2.94. The molecule has 0 saturated heterocycles. The van der Waals surface area contributed by atoms with Crippen LogP contribution in [0, 0.1) is 26.7 Å². The van der Waals surface area contributed by atoms with E-state index in [9.17, 15) is 9.18 Å². The van der Waals surface area contributed by atoms with Crippen molar-refractivity contribution in [1.82, 2.24) is 9.97 Å². The maximum Gasteiger partial charge on any atom is 0.261 e. The van der Waals surface area contributed by atoms with Crippen LogP contribution in [0.4, 0.5) is 10.1 Å². The molecule has 3 heterocycles. The zero-order chi connectivity index (χ0) is 25.2. The average Bonchev–Trinajstić information content (AvgIpc) is 2.85. The van der Waals surface area contributed by atoms with E-state index in [0.29, 0.717) is 47.4 Å². The van der Waals surface area contributed by atoms with Gasteiger partial charge in [0.15, 0.2) is 17.2 Å². The third-order valence-corrected chi connectivity index (χ3v) is 5.87. The average molecular weight is 486 g/mol. The standard InChI is InChI=1S/C28H24FN3O4/c1-16-5-4-6-20(13-16)32-27(33)26-17(2)21(19-7-8-23-24(14-19)35-12-11-34-23)15-30-28(26)36-22-9-10-25(29)31-18(22)3/h4-10,13-15H,11-12H2,1-3H3,(H,32,33). The van der Waals surface area contributed by atoms with Gasteiger partial charge in [0, 0.05) is 17.4 Å². The first-order valence-corrected chi connectivity index (χ1v) is 11.5. The number of benzene rings is 2. The molecular weight excluding hydrogens is 461 g/mol. The number of aromatic nitrogens is 2. The SMILES string of the molecule is Cc1cccc(NC(=O)c2c(Oc3ccc(F)nc3C)ncc(-c3ccc4c(c3)OCCO4)c2C)c1. The van der Waals surface area contributed by atoms with Gasteiger partial charge in [0.25, 0.3) is 5.91 Å². The second-order valence-electron chi connectivity index (χ2n) is 8.48. The number of rotatable bonds is 5. The Morgan fingerprint density at radius 2 is 1.81 bits per heavy atom. The molecule has 2 aromatic carbocycles. The number of pyridine rings is 2. The van der Waals surface area contributed by atoms with Gasteiger partial charge in [0.2, 0.25) is 11.8 Å².